The fraction of sp³-hybridized carbons (Fsp3) is 0.310. The van der Waals surface area contributed by atoms with Crippen molar-refractivity contribution in [2.45, 2.75) is 25.6 Å². The van der Waals surface area contributed by atoms with Gasteiger partial charge in [-0.3, -0.25) is 14.6 Å². The molecule has 9 nitrogen and oxygen atoms in total. The molecule has 0 unspecified atom stereocenters. The first kappa shape index (κ1) is 30.6. The smallest absolute Gasteiger partial charge is 0.490 e. The molecule has 0 radical (unpaired) electrons. The molecule has 0 bridgehead atoms. The number of halogens is 4. The van der Waals surface area contributed by atoms with Gasteiger partial charge in [-0.05, 0) is 60.7 Å². The maximum atomic E-state index is 13.5. The van der Waals surface area contributed by atoms with Gasteiger partial charge in [-0.15, -0.1) is 0 Å². The van der Waals surface area contributed by atoms with E-state index in [1.54, 1.807) is 6.07 Å². The van der Waals surface area contributed by atoms with Crippen LogP contribution in [0.5, 0.6) is 5.75 Å². The number of phenolic OH excluding ortho intramolecular Hbond substituents is 1. The van der Waals surface area contributed by atoms with Crippen LogP contribution in [-0.4, -0.2) is 70.2 Å². The van der Waals surface area contributed by atoms with Crippen molar-refractivity contribution in [3.8, 4) is 5.75 Å². The summed E-state index contributed by atoms with van der Waals surface area (Å²) in [7, 11) is 0. The monoisotopic (exact) mass is 604 g/mol. The number of hydrogen-bond donors (Lipinski definition) is 2. The molecule has 1 aromatic heterocycles. The van der Waals surface area contributed by atoms with Crippen LogP contribution in [0.25, 0.3) is 0 Å². The van der Waals surface area contributed by atoms with Crippen LogP contribution in [0.2, 0.25) is 5.02 Å². The van der Waals surface area contributed by atoms with Crippen molar-refractivity contribution in [1.82, 2.24) is 9.88 Å². The summed E-state index contributed by atoms with van der Waals surface area (Å²) in [4.78, 5) is 45.4. The summed E-state index contributed by atoms with van der Waals surface area (Å²) in [5.74, 6) is -3.09. The van der Waals surface area contributed by atoms with Crippen LogP contribution < -0.4 is 9.80 Å². The van der Waals surface area contributed by atoms with Crippen LogP contribution in [0.3, 0.4) is 0 Å². The van der Waals surface area contributed by atoms with Crippen molar-refractivity contribution in [3.05, 3.63) is 83.1 Å². The number of carboxylic acid groups (broad SMARTS) is 1. The molecule has 2 amide bonds. The average Bonchev–Trinajstić information content (AvgIpc) is 3.09. The number of aromatic hydroxyl groups is 1. The Morgan fingerprint density at radius 3 is 2.26 bits per heavy atom. The molecule has 2 N–H and O–H groups in total. The lowest BCUT2D eigenvalue weighted by Gasteiger charge is -2.36. The average molecular weight is 605 g/mol. The zero-order chi connectivity index (χ0) is 30.4. The Balaban J connectivity index is 0.000000517. The van der Waals surface area contributed by atoms with Crippen molar-refractivity contribution < 1.29 is 37.8 Å². The summed E-state index contributed by atoms with van der Waals surface area (Å²) < 4.78 is 31.7. The Morgan fingerprint density at radius 2 is 1.64 bits per heavy atom. The molecule has 42 heavy (non-hydrogen) atoms. The highest BCUT2D eigenvalue weighted by Gasteiger charge is 2.38. The lowest BCUT2D eigenvalue weighted by atomic mass is 9.95. The molecule has 222 valence electrons. The second-order valence-electron chi connectivity index (χ2n) is 9.89. The SMILES string of the molecule is O=C(O)C(F)(F)F.O=C(c1ccc(Cl)cc1O)N1CC(=O)N(CC2CCN(c3ccncc3)CC2)c2ccccc2C1. The number of para-hydroxylation sites is 1. The van der Waals surface area contributed by atoms with Gasteiger partial charge in [-0.2, -0.15) is 13.2 Å². The largest absolute Gasteiger partial charge is 0.507 e. The lowest BCUT2D eigenvalue weighted by Crippen LogP contribution is -2.44. The van der Waals surface area contributed by atoms with Gasteiger partial charge in [0.05, 0.1) is 5.56 Å². The summed E-state index contributed by atoms with van der Waals surface area (Å²) in [6.07, 6.45) is 0.501. The molecule has 3 aromatic rings. The molecule has 2 aliphatic heterocycles. The fourth-order valence-corrected chi connectivity index (χ4v) is 5.11. The van der Waals surface area contributed by atoms with Gasteiger partial charge < -0.3 is 24.9 Å². The van der Waals surface area contributed by atoms with Crippen molar-refractivity contribution in [1.29, 1.82) is 0 Å². The zero-order valence-electron chi connectivity index (χ0n) is 22.3. The third kappa shape index (κ3) is 7.49. The number of pyridine rings is 1. The Hall–Kier alpha value is -4.32. The fourth-order valence-electron chi connectivity index (χ4n) is 4.94. The van der Waals surface area contributed by atoms with E-state index in [4.69, 9.17) is 21.5 Å². The molecule has 5 rings (SSSR count). The summed E-state index contributed by atoms with van der Waals surface area (Å²) >= 11 is 5.93. The van der Waals surface area contributed by atoms with Gasteiger partial charge in [-0.25, -0.2) is 4.79 Å². The van der Waals surface area contributed by atoms with E-state index in [-0.39, 0.29) is 23.8 Å². The Labute approximate surface area is 244 Å². The number of nitrogens with zero attached hydrogens (tertiary/aromatic N) is 4. The zero-order valence-corrected chi connectivity index (χ0v) is 23.1. The van der Waals surface area contributed by atoms with Gasteiger partial charge in [0.25, 0.3) is 5.91 Å². The van der Waals surface area contributed by atoms with E-state index >= 15 is 0 Å². The summed E-state index contributed by atoms with van der Waals surface area (Å²) in [6.45, 7) is 2.72. The topological polar surface area (TPSA) is 114 Å². The Morgan fingerprint density at radius 1 is 1.00 bits per heavy atom. The van der Waals surface area contributed by atoms with Crippen LogP contribution in [0.15, 0.2) is 67.0 Å². The second kappa shape index (κ2) is 13.1. The standard InChI is InChI=1S/C27H27ClN4O3.C2HF3O2/c28-21-5-6-23(25(33)15-21)27(35)31-17-20-3-1-2-4-24(20)32(26(34)18-31)16-19-9-13-30(14-10-19)22-7-11-29-12-8-22;3-2(4,5)1(6)7/h1-8,11-12,15,19,33H,9-10,13-14,16-18H2;(H,6,7). The molecular formula is C29H28ClF3N4O5. The van der Waals surface area contributed by atoms with Crippen LogP contribution in [0.1, 0.15) is 28.8 Å². The highest BCUT2D eigenvalue weighted by Crippen LogP contribution is 2.31. The first-order valence-electron chi connectivity index (χ1n) is 13.0. The minimum atomic E-state index is -5.08. The second-order valence-corrected chi connectivity index (χ2v) is 10.3. The quantitative estimate of drug-likeness (QED) is 0.432. The number of benzene rings is 2. The van der Waals surface area contributed by atoms with Gasteiger partial charge in [0, 0.05) is 55.0 Å². The number of anilines is 2. The number of hydrogen-bond acceptors (Lipinski definition) is 6. The van der Waals surface area contributed by atoms with Crippen LogP contribution in [0, 0.1) is 5.92 Å². The maximum absolute atomic E-state index is 13.5. The van der Waals surface area contributed by atoms with Crippen molar-refractivity contribution in [2.75, 3.05) is 36.0 Å². The number of carboxylic acids is 1. The van der Waals surface area contributed by atoms with Gasteiger partial charge in [0.15, 0.2) is 0 Å². The number of rotatable bonds is 4. The molecule has 1 saturated heterocycles. The molecule has 0 atom stereocenters. The van der Waals surface area contributed by atoms with Crippen molar-refractivity contribution >= 4 is 40.8 Å². The van der Waals surface area contributed by atoms with Gasteiger partial charge >= 0.3 is 12.1 Å². The number of carbonyl (C=O) groups is 3. The maximum Gasteiger partial charge on any atom is 0.490 e. The third-order valence-electron chi connectivity index (χ3n) is 7.07. The molecule has 0 aliphatic carbocycles. The predicted octanol–water partition coefficient (Wildman–Crippen LogP) is 4.98. The summed E-state index contributed by atoms with van der Waals surface area (Å²) in [5.41, 5.74) is 3.07. The van der Waals surface area contributed by atoms with Crippen LogP contribution in [-0.2, 0) is 16.1 Å². The number of phenols is 1. The van der Waals surface area contributed by atoms with E-state index in [1.165, 1.54) is 22.7 Å². The molecule has 0 saturated carbocycles. The number of carbonyl (C=O) groups excluding carboxylic acids is 2. The highest BCUT2D eigenvalue weighted by molar-refractivity contribution is 6.30. The molecule has 3 heterocycles. The number of alkyl halides is 3. The summed E-state index contributed by atoms with van der Waals surface area (Å²) in [5, 5.41) is 17.7. The Kier molecular flexibility index (Phi) is 9.56. The first-order valence-corrected chi connectivity index (χ1v) is 13.4. The number of aromatic nitrogens is 1. The van der Waals surface area contributed by atoms with E-state index in [0.29, 0.717) is 24.0 Å². The number of aliphatic carboxylic acids is 1. The minimum absolute atomic E-state index is 0.0502. The van der Waals surface area contributed by atoms with Gasteiger partial charge in [-0.1, -0.05) is 29.8 Å². The molecule has 1 fully saturated rings. The predicted molar refractivity (Wildman–Crippen MR) is 150 cm³/mol. The van der Waals surface area contributed by atoms with Crippen molar-refractivity contribution in [3.63, 3.8) is 0 Å². The molecular weight excluding hydrogens is 577 g/mol. The molecule has 2 aromatic carbocycles. The van der Waals surface area contributed by atoms with Gasteiger partial charge in [0.1, 0.15) is 12.3 Å². The summed E-state index contributed by atoms with van der Waals surface area (Å²) in [6, 6.07) is 16.2. The Bertz CT molecular complexity index is 1430. The number of fused-ring (bicyclic) bond motifs is 1. The van der Waals surface area contributed by atoms with Crippen molar-refractivity contribution in [2.24, 2.45) is 5.92 Å². The molecule has 2 aliphatic rings. The minimum Gasteiger partial charge on any atom is -0.507 e. The van der Waals surface area contributed by atoms with E-state index in [2.05, 4.69) is 9.88 Å². The van der Waals surface area contributed by atoms with Crippen LogP contribution in [0.4, 0.5) is 24.5 Å². The van der Waals surface area contributed by atoms with Gasteiger partial charge in [0.2, 0.25) is 5.91 Å². The van der Waals surface area contributed by atoms with Crippen LogP contribution >= 0.6 is 11.6 Å². The third-order valence-corrected chi connectivity index (χ3v) is 7.31. The highest BCUT2D eigenvalue weighted by atomic mass is 35.5. The number of amides is 2. The van der Waals surface area contributed by atoms with E-state index in [1.807, 2.05) is 53.7 Å². The lowest BCUT2D eigenvalue weighted by molar-refractivity contribution is -0.192. The number of piperidine rings is 1. The molecule has 13 heteroatoms. The van der Waals surface area contributed by atoms with E-state index in [0.717, 1.165) is 37.2 Å². The first-order chi connectivity index (χ1) is 19.9. The van der Waals surface area contributed by atoms with E-state index < -0.39 is 18.1 Å². The normalized spacial score (nSPS) is 15.8. The van der Waals surface area contributed by atoms with E-state index in [9.17, 15) is 27.9 Å². The molecule has 0 spiro atoms.